The smallest absolute Gasteiger partial charge is 0.416 e. The Morgan fingerprint density at radius 2 is 1.89 bits per heavy atom. The molecule has 7 nitrogen and oxygen atoms in total. The predicted octanol–water partition coefficient (Wildman–Crippen LogP) is 8.47. The van der Waals surface area contributed by atoms with E-state index in [4.69, 9.17) is 9.47 Å². The minimum atomic E-state index is -4.54. The normalized spacial score (nSPS) is 19.9. The van der Waals surface area contributed by atoms with E-state index in [2.05, 4.69) is 18.8 Å². The summed E-state index contributed by atoms with van der Waals surface area (Å²) >= 11 is 0. The van der Waals surface area contributed by atoms with Crippen molar-refractivity contribution < 1.29 is 41.7 Å². The second-order valence-electron chi connectivity index (χ2n) is 12.5. The lowest BCUT2D eigenvalue weighted by atomic mass is 9.72. The third kappa shape index (κ3) is 6.53. The molecule has 238 valence electrons. The van der Waals surface area contributed by atoms with E-state index >= 15 is 4.39 Å². The number of cyclic esters (lactones) is 1. The highest BCUT2D eigenvalue weighted by Crippen LogP contribution is 2.46. The Balaban J connectivity index is 1.54. The fraction of sp³-hybridized carbons (Fsp3) is 0.382. The van der Waals surface area contributed by atoms with Crippen LogP contribution in [0.1, 0.15) is 78.7 Å². The van der Waals surface area contributed by atoms with E-state index in [9.17, 15) is 27.9 Å². The highest BCUT2D eigenvalue weighted by Gasteiger charge is 2.42. The highest BCUT2D eigenvalue weighted by molar-refractivity contribution is 5.88. The maximum absolute atomic E-state index is 15.0. The van der Waals surface area contributed by atoms with Gasteiger partial charge in [0.1, 0.15) is 17.7 Å². The number of ether oxygens (including phenoxy) is 2. The fourth-order valence-corrected chi connectivity index (χ4v) is 6.24. The number of alkyl halides is 3. The van der Waals surface area contributed by atoms with Crippen molar-refractivity contribution in [2.24, 2.45) is 5.41 Å². The van der Waals surface area contributed by atoms with E-state index in [1.807, 2.05) is 0 Å². The first-order chi connectivity index (χ1) is 21.1. The van der Waals surface area contributed by atoms with Crippen LogP contribution in [0.15, 0.2) is 54.2 Å². The number of hydrogen-bond acceptors (Lipinski definition) is 5. The standard InChI is InChI=1S/C34H34F4N2O5/c1-18-10-21(12-23(11-18)34(36,37)38)30-19(2)40(32(43)45-30)17-22-15-33(3,4)9-8-24(22)26-14-28(39-16-29(26)44-5)25-7-6-20(31(41)42)13-27(25)35/h6-7,10-14,16,19,30H,8-9,15,17H2,1-5H3,(H,41,42)/t19-,30-/m0/s1. The molecule has 1 amide bonds. The van der Waals surface area contributed by atoms with Gasteiger partial charge >= 0.3 is 18.2 Å². The summed E-state index contributed by atoms with van der Waals surface area (Å²) in [6.45, 7) is 7.75. The second kappa shape index (κ2) is 11.8. The molecule has 1 aliphatic carbocycles. The van der Waals surface area contributed by atoms with Crippen LogP contribution in [0.25, 0.3) is 16.8 Å². The first kappa shape index (κ1) is 32.0. The molecule has 2 aromatic carbocycles. The number of amides is 1. The van der Waals surface area contributed by atoms with Crippen LogP contribution in [0, 0.1) is 18.2 Å². The highest BCUT2D eigenvalue weighted by atomic mass is 19.4. The van der Waals surface area contributed by atoms with Crippen LogP contribution in [-0.2, 0) is 10.9 Å². The monoisotopic (exact) mass is 626 g/mol. The zero-order valence-corrected chi connectivity index (χ0v) is 25.6. The number of aryl methyl sites for hydroxylation is 1. The molecule has 1 N–H and O–H groups in total. The van der Waals surface area contributed by atoms with Gasteiger partial charge in [-0.05, 0) is 91.6 Å². The van der Waals surface area contributed by atoms with Crippen LogP contribution in [0.4, 0.5) is 22.4 Å². The molecule has 0 radical (unpaired) electrons. The Kier molecular flexibility index (Phi) is 8.41. The summed E-state index contributed by atoms with van der Waals surface area (Å²) in [5.41, 5.74) is 2.50. The van der Waals surface area contributed by atoms with Crippen LogP contribution < -0.4 is 4.74 Å². The summed E-state index contributed by atoms with van der Waals surface area (Å²) in [5, 5.41) is 9.23. The Morgan fingerprint density at radius 3 is 2.53 bits per heavy atom. The molecule has 1 aromatic heterocycles. The first-order valence-corrected chi connectivity index (χ1v) is 14.5. The van der Waals surface area contributed by atoms with Gasteiger partial charge in [-0.15, -0.1) is 0 Å². The molecular weight excluding hydrogens is 592 g/mol. The number of carboxylic acids is 1. The molecular formula is C34H34F4N2O5. The molecule has 5 rings (SSSR count). The number of rotatable bonds is 7. The van der Waals surface area contributed by atoms with Gasteiger partial charge in [-0.25, -0.2) is 14.0 Å². The summed E-state index contributed by atoms with van der Waals surface area (Å²) in [5.74, 6) is -1.53. The molecule has 1 fully saturated rings. The molecule has 2 atom stereocenters. The zero-order valence-electron chi connectivity index (χ0n) is 25.6. The van der Waals surface area contributed by atoms with Gasteiger partial charge < -0.3 is 14.6 Å². The number of allylic oxidation sites excluding steroid dienone is 1. The van der Waals surface area contributed by atoms with Gasteiger partial charge in [0.25, 0.3) is 0 Å². The number of aromatic nitrogens is 1. The van der Waals surface area contributed by atoms with Crippen LogP contribution >= 0.6 is 0 Å². The van der Waals surface area contributed by atoms with Gasteiger partial charge in [0, 0.05) is 17.7 Å². The molecule has 2 aliphatic rings. The number of pyridine rings is 1. The lowest BCUT2D eigenvalue weighted by Gasteiger charge is -2.36. The van der Waals surface area contributed by atoms with Crippen LogP contribution in [0.5, 0.6) is 5.75 Å². The Labute approximate surface area is 258 Å². The SMILES string of the molecule is COc1cnc(-c2ccc(C(=O)O)cc2F)cc1C1=C(CN2C(=O)O[C@H](c3cc(C)cc(C(F)(F)F)c3)[C@@H]2C)CC(C)(C)CC1. The van der Waals surface area contributed by atoms with Gasteiger partial charge in [-0.1, -0.05) is 25.5 Å². The van der Waals surface area contributed by atoms with Crippen molar-refractivity contribution >= 4 is 17.6 Å². The van der Waals surface area contributed by atoms with Crippen molar-refractivity contribution in [3.63, 3.8) is 0 Å². The summed E-state index contributed by atoms with van der Waals surface area (Å²) in [4.78, 5) is 30.4. The van der Waals surface area contributed by atoms with E-state index < -0.39 is 41.8 Å². The van der Waals surface area contributed by atoms with Gasteiger partial charge in [-0.3, -0.25) is 9.88 Å². The largest absolute Gasteiger partial charge is 0.495 e. The van der Waals surface area contributed by atoms with E-state index in [0.717, 1.165) is 35.8 Å². The number of nitrogens with zero attached hydrogens (tertiary/aromatic N) is 2. The Morgan fingerprint density at radius 1 is 1.16 bits per heavy atom. The zero-order chi connectivity index (χ0) is 32.8. The van der Waals surface area contributed by atoms with Crippen molar-refractivity contribution in [1.82, 2.24) is 9.88 Å². The van der Waals surface area contributed by atoms with Crippen molar-refractivity contribution in [2.45, 2.75) is 65.3 Å². The molecule has 11 heteroatoms. The summed E-state index contributed by atoms with van der Waals surface area (Å²) in [7, 11) is 1.50. The number of carbonyl (C=O) groups excluding carboxylic acids is 1. The van der Waals surface area contributed by atoms with E-state index in [-0.39, 0.29) is 34.3 Å². The molecule has 2 heterocycles. The molecule has 3 aromatic rings. The topological polar surface area (TPSA) is 89.0 Å². The van der Waals surface area contributed by atoms with E-state index in [0.29, 0.717) is 29.7 Å². The first-order valence-electron chi connectivity index (χ1n) is 14.5. The number of benzene rings is 2. The number of carboxylic acid groups (broad SMARTS) is 1. The third-order valence-corrected chi connectivity index (χ3v) is 8.58. The molecule has 1 aliphatic heterocycles. The van der Waals surface area contributed by atoms with Gasteiger partial charge in [-0.2, -0.15) is 13.2 Å². The van der Waals surface area contributed by atoms with Crippen LogP contribution in [0.3, 0.4) is 0 Å². The minimum absolute atomic E-state index is 0.106. The summed E-state index contributed by atoms with van der Waals surface area (Å²) in [6.07, 6.45) is -2.51. The molecule has 0 spiro atoms. The van der Waals surface area contributed by atoms with Crippen LogP contribution in [0.2, 0.25) is 0 Å². The Hall–Kier alpha value is -4.41. The average molecular weight is 627 g/mol. The maximum Gasteiger partial charge on any atom is 0.416 e. The second-order valence-corrected chi connectivity index (χ2v) is 12.5. The minimum Gasteiger partial charge on any atom is -0.495 e. The fourth-order valence-electron chi connectivity index (χ4n) is 6.24. The molecule has 0 unspecified atom stereocenters. The van der Waals surface area contributed by atoms with E-state index in [1.54, 1.807) is 26.0 Å². The van der Waals surface area contributed by atoms with Crippen molar-refractivity contribution in [3.05, 3.63) is 87.9 Å². The summed E-state index contributed by atoms with van der Waals surface area (Å²) < 4.78 is 67.0. The van der Waals surface area contributed by atoms with Gasteiger partial charge in [0.15, 0.2) is 0 Å². The predicted molar refractivity (Wildman–Crippen MR) is 159 cm³/mol. The Bertz CT molecular complexity index is 1700. The molecule has 0 saturated carbocycles. The average Bonchev–Trinajstić information content (AvgIpc) is 3.24. The molecule has 1 saturated heterocycles. The van der Waals surface area contributed by atoms with Crippen molar-refractivity contribution in [3.8, 4) is 17.0 Å². The van der Waals surface area contributed by atoms with Gasteiger partial charge in [0.2, 0.25) is 0 Å². The number of methoxy groups -OCH3 is 1. The number of hydrogen-bond donors (Lipinski definition) is 1. The van der Waals surface area contributed by atoms with E-state index in [1.165, 1.54) is 30.3 Å². The number of aromatic carboxylic acids is 1. The maximum atomic E-state index is 15.0. The quantitative estimate of drug-likeness (QED) is 0.265. The van der Waals surface area contributed by atoms with Crippen molar-refractivity contribution in [1.29, 1.82) is 0 Å². The third-order valence-electron chi connectivity index (χ3n) is 8.58. The molecule has 0 bridgehead atoms. The molecule has 45 heavy (non-hydrogen) atoms. The van der Waals surface area contributed by atoms with Gasteiger partial charge in [0.05, 0.1) is 36.2 Å². The lowest BCUT2D eigenvalue weighted by Crippen LogP contribution is -2.35. The summed E-state index contributed by atoms with van der Waals surface area (Å²) in [6, 6.07) is 8.46. The number of carbonyl (C=O) groups is 2. The lowest BCUT2D eigenvalue weighted by molar-refractivity contribution is -0.137. The van der Waals surface area contributed by atoms with Crippen molar-refractivity contribution in [2.75, 3.05) is 13.7 Å². The van der Waals surface area contributed by atoms with Crippen LogP contribution in [-0.4, -0.2) is 46.7 Å². The number of halogens is 4.